The third-order valence-electron chi connectivity index (χ3n) is 4.49. The van der Waals surface area contributed by atoms with E-state index < -0.39 is 0 Å². The fraction of sp³-hybridized carbons (Fsp3) is 0.923. The van der Waals surface area contributed by atoms with Gasteiger partial charge in [0.1, 0.15) is 6.10 Å². The van der Waals surface area contributed by atoms with Crippen LogP contribution >= 0.6 is 0 Å². The molecular formula is C13H25N3O2. The highest BCUT2D eigenvalue weighted by Gasteiger charge is 2.40. The first-order chi connectivity index (χ1) is 8.57. The Morgan fingerprint density at radius 2 is 2.17 bits per heavy atom. The highest BCUT2D eigenvalue weighted by Crippen LogP contribution is 2.35. The molecule has 3 N–H and O–H groups in total. The van der Waals surface area contributed by atoms with Gasteiger partial charge in [0.15, 0.2) is 0 Å². The summed E-state index contributed by atoms with van der Waals surface area (Å²) in [5, 5.41) is 3.05. The first-order valence-corrected chi connectivity index (χ1v) is 6.88. The third kappa shape index (κ3) is 2.68. The Kier molecular flexibility index (Phi) is 4.25. The van der Waals surface area contributed by atoms with E-state index in [1.54, 1.807) is 0 Å². The molecule has 2 atom stereocenters. The Morgan fingerprint density at radius 3 is 2.61 bits per heavy atom. The average Bonchev–Trinajstić information content (AvgIpc) is 2.75. The van der Waals surface area contributed by atoms with Crippen molar-refractivity contribution in [2.24, 2.45) is 5.73 Å². The largest absolute Gasteiger partial charge is 0.364 e. The molecule has 1 saturated carbocycles. The van der Waals surface area contributed by atoms with Crippen LogP contribution in [0.5, 0.6) is 0 Å². The monoisotopic (exact) mass is 255 g/mol. The molecule has 0 spiro atoms. The summed E-state index contributed by atoms with van der Waals surface area (Å²) in [5.74, 6) is 0.0269. The van der Waals surface area contributed by atoms with Crippen LogP contribution in [0, 0.1) is 0 Å². The fourth-order valence-corrected chi connectivity index (χ4v) is 2.80. The van der Waals surface area contributed by atoms with Crippen molar-refractivity contribution in [1.82, 2.24) is 10.2 Å². The second kappa shape index (κ2) is 5.55. The van der Waals surface area contributed by atoms with Crippen molar-refractivity contribution < 1.29 is 9.53 Å². The van der Waals surface area contributed by atoms with Gasteiger partial charge < -0.3 is 20.7 Å². The minimum atomic E-state index is -0.294. The van der Waals surface area contributed by atoms with Crippen LogP contribution in [-0.2, 0) is 9.53 Å². The number of nitrogens with one attached hydrogen (secondary N) is 1. The van der Waals surface area contributed by atoms with E-state index in [2.05, 4.69) is 24.3 Å². The lowest BCUT2D eigenvalue weighted by molar-refractivity contribution is -0.132. The predicted octanol–water partition coefficient (Wildman–Crippen LogP) is 0.0932. The van der Waals surface area contributed by atoms with Gasteiger partial charge in [0.2, 0.25) is 5.91 Å². The van der Waals surface area contributed by atoms with Gasteiger partial charge in [-0.2, -0.15) is 0 Å². The van der Waals surface area contributed by atoms with Crippen molar-refractivity contribution in [3.63, 3.8) is 0 Å². The van der Waals surface area contributed by atoms with Crippen LogP contribution in [0.25, 0.3) is 0 Å². The standard InChI is InChI=1S/C13H25N3O2/c1-16(2)13(6-3-7-13)9-15-12(17)11-5-4-10(8-14)18-11/h10-11H,3-9,14H2,1-2H3,(H,15,17). The summed E-state index contributed by atoms with van der Waals surface area (Å²) < 4.78 is 5.60. The van der Waals surface area contributed by atoms with Gasteiger partial charge in [-0.05, 0) is 46.2 Å². The van der Waals surface area contributed by atoms with Gasteiger partial charge in [0.05, 0.1) is 6.10 Å². The van der Waals surface area contributed by atoms with Crippen LogP contribution in [-0.4, -0.2) is 55.7 Å². The van der Waals surface area contributed by atoms with Crippen LogP contribution < -0.4 is 11.1 Å². The number of ether oxygens (including phenoxy) is 1. The van der Waals surface area contributed by atoms with Gasteiger partial charge in [-0.25, -0.2) is 0 Å². The van der Waals surface area contributed by atoms with Crippen molar-refractivity contribution in [2.75, 3.05) is 27.2 Å². The Morgan fingerprint density at radius 1 is 1.44 bits per heavy atom. The van der Waals surface area contributed by atoms with E-state index in [4.69, 9.17) is 10.5 Å². The quantitative estimate of drug-likeness (QED) is 0.731. The predicted molar refractivity (Wildman–Crippen MR) is 70.2 cm³/mol. The Balaban J connectivity index is 1.78. The molecule has 1 saturated heterocycles. The zero-order valence-corrected chi connectivity index (χ0v) is 11.4. The molecule has 0 aromatic heterocycles. The third-order valence-corrected chi connectivity index (χ3v) is 4.49. The van der Waals surface area contributed by atoms with Crippen molar-refractivity contribution in [3.8, 4) is 0 Å². The molecule has 0 aromatic rings. The number of hydrogen-bond donors (Lipinski definition) is 2. The highest BCUT2D eigenvalue weighted by atomic mass is 16.5. The van der Waals surface area contributed by atoms with E-state index in [1.807, 2.05) is 0 Å². The van der Waals surface area contributed by atoms with Crippen LogP contribution in [0.15, 0.2) is 0 Å². The molecule has 1 aliphatic heterocycles. The molecule has 1 heterocycles. The summed E-state index contributed by atoms with van der Waals surface area (Å²) in [7, 11) is 4.17. The van der Waals surface area contributed by atoms with Crippen molar-refractivity contribution in [1.29, 1.82) is 0 Å². The summed E-state index contributed by atoms with van der Waals surface area (Å²) in [6, 6.07) is 0. The summed E-state index contributed by atoms with van der Waals surface area (Å²) in [6.07, 6.45) is 5.04. The summed E-state index contributed by atoms with van der Waals surface area (Å²) in [6.45, 7) is 1.23. The first-order valence-electron chi connectivity index (χ1n) is 6.88. The molecule has 5 heteroatoms. The fourth-order valence-electron chi connectivity index (χ4n) is 2.80. The zero-order valence-electron chi connectivity index (χ0n) is 11.4. The Bertz CT molecular complexity index is 303. The maximum atomic E-state index is 12.0. The normalized spacial score (nSPS) is 30.2. The maximum absolute atomic E-state index is 12.0. The summed E-state index contributed by atoms with van der Waals surface area (Å²) in [4.78, 5) is 14.3. The minimum absolute atomic E-state index is 0.0269. The Hall–Kier alpha value is -0.650. The highest BCUT2D eigenvalue weighted by molar-refractivity contribution is 5.81. The van der Waals surface area contributed by atoms with Crippen LogP contribution in [0.3, 0.4) is 0 Å². The summed E-state index contributed by atoms with van der Waals surface area (Å²) in [5.41, 5.74) is 5.71. The van der Waals surface area contributed by atoms with Gasteiger partial charge in [-0.3, -0.25) is 4.79 Å². The lowest BCUT2D eigenvalue weighted by Gasteiger charge is -2.47. The van der Waals surface area contributed by atoms with Crippen molar-refractivity contribution in [2.45, 2.75) is 49.9 Å². The summed E-state index contributed by atoms with van der Waals surface area (Å²) >= 11 is 0. The average molecular weight is 255 g/mol. The second-order valence-corrected chi connectivity index (χ2v) is 5.75. The number of hydrogen-bond acceptors (Lipinski definition) is 4. The molecule has 2 rings (SSSR count). The van der Waals surface area contributed by atoms with E-state index in [9.17, 15) is 4.79 Å². The zero-order chi connectivity index (χ0) is 13.2. The molecule has 1 amide bonds. The van der Waals surface area contributed by atoms with Gasteiger partial charge in [-0.1, -0.05) is 0 Å². The SMILES string of the molecule is CN(C)C1(CNC(=O)C2CCC(CN)O2)CCC1. The molecule has 5 nitrogen and oxygen atoms in total. The molecule has 2 unspecified atom stereocenters. The number of carbonyl (C=O) groups excluding carboxylic acids is 1. The molecule has 0 radical (unpaired) electrons. The topological polar surface area (TPSA) is 67.6 Å². The smallest absolute Gasteiger partial charge is 0.249 e. The van der Waals surface area contributed by atoms with Gasteiger partial charge in [0, 0.05) is 18.6 Å². The molecule has 2 aliphatic rings. The van der Waals surface area contributed by atoms with E-state index >= 15 is 0 Å². The Labute approximate surface area is 109 Å². The number of amides is 1. The van der Waals surface area contributed by atoms with Gasteiger partial charge in [0.25, 0.3) is 0 Å². The second-order valence-electron chi connectivity index (χ2n) is 5.75. The number of likely N-dealkylation sites (N-methyl/N-ethyl adjacent to an activating group) is 1. The lowest BCUT2D eigenvalue weighted by atomic mass is 9.75. The minimum Gasteiger partial charge on any atom is -0.364 e. The van der Waals surface area contributed by atoms with E-state index in [0.29, 0.717) is 6.54 Å². The maximum Gasteiger partial charge on any atom is 0.249 e. The van der Waals surface area contributed by atoms with E-state index in [0.717, 1.165) is 32.2 Å². The molecule has 0 bridgehead atoms. The van der Waals surface area contributed by atoms with Crippen LogP contribution in [0.1, 0.15) is 32.1 Å². The van der Waals surface area contributed by atoms with E-state index in [1.165, 1.54) is 6.42 Å². The first kappa shape index (κ1) is 13.8. The number of nitrogens with two attached hydrogens (primary N) is 1. The molecule has 18 heavy (non-hydrogen) atoms. The molecule has 2 fully saturated rings. The molecular weight excluding hydrogens is 230 g/mol. The van der Waals surface area contributed by atoms with Crippen molar-refractivity contribution in [3.05, 3.63) is 0 Å². The molecule has 0 aromatic carbocycles. The molecule has 104 valence electrons. The van der Waals surface area contributed by atoms with Gasteiger partial charge in [-0.15, -0.1) is 0 Å². The van der Waals surface area contributed by atoms with E-state index in [-0.39, 0.29) is 23.7 Å². The van der Waals surface area contributed by atoms with Crippen LogP contribution in [0.4, 0.5) is 0 Å². The van der Waals surface area contributed by atoms with Crippen molar-refractivity contribution >= 4 is 5.91 Å². The van der Waals surface area contributed by atoms with Crippen LogP contribution in [0.2, 0.25) is 0 Å². The lowest BCUT2D eigenvalue weighted by Crippen LogP contribution is -2.58. The number of rotatable bonds is 5. The molecule has 1 aliphatic carbocycles. The number of nitrogens with zero attached hydrogens (tertiary/aromatic N) is 1. The van der Waals surface area contributed by atoms with Gasteiger partial charge >= 0.3 is 0 Å². The number of carbonyl (C=O) groups is 1.